The zero-order valence-electron chi connectivity index (χ0n) is 13.4. The lowest BCUT2D eigenvalue weighted by atomic mass is 9.74. The van der Waals surface area contributed by atoms with Crippen LogP contribution in [0.1, 0.15) is 42.1 Å². The van der Waals surface area contributed by atoms with Crippen LogP contribution in [0.2, 0.25) is 5.02 Å². The molecule has 0 unspecified atom stereocenters. The third kappa shape index (κ3) is 3.21. The fourth-order valence-corrected chi connectivity index (χ4v) is 3.45. The number of hydrogen-bond acceptors (Lipinski definition) is 3. The van der Waals surface area contributed by atoms with Gasteiger partial charge in [0.2, 0.25) is 0 Å². The minimum absolute atomic E-state index is 0.0160. The van der Waals surface area contributed by atoms with Crippen molar-refractivity contribution in [3.05, 3.63) is 34.3 Å². The van der Waals surface area contributed by atoms with Gasteiger partial charge in [-0.2, -0.15) is 0 Å². The van der Waals surface area contributed by atoms with Crippen molar-refractivity contribution in [2.24, 2.45) is 5.41 Å². The van der Waals surface area contributed by atoms with Crippen LogP contribution in [-0.4, -0.2) is 46.2 Å². The largest absolute Gasteiger partial charge is 0.481 e. The predicted molar refractivity (Wildman–Crippen MR) is 87.7 cm³/mol. The van der Waals surface area contributed by atoms with Gasteiger partial charge in [0.1, 0.15) is 5.41 Å². The van der Waals surface area contributed by atoms with Crippen molar-refractivity contribution in [1.82, 2.24) is 4.90 Å². The van der Waals surface area contributed by atoms with Gasteiger partial charge in [0.25, 0.3) is 5.91 Å². The summed E-state index contributed by atoms with van der Waals surface area (Å²) >= 11 is 6.07. The molecule has 1 aliphatic heterocycles. The first-order valence-electron chi connectivity index (χ1n) is 7.79. The second kappa shape index (κ2) is 6.89. The molecule has 23 heavy (non-hydrogen) atoms. The van der Waals surface area contributed by atoms with E-state index in [1.807, 2.05) is 6.92 Å². The predicted octanol–water partition coefficient (Wildman–Crippen LogP) is 2.73. The van der Waals surface area contributed by atoms with Crippen LogP contribution in [0.4, 0.5) is 0 Å². The number of nitrogens with zero attached hydrogens (tertiary/aromatic N) is 1. The molecule has 0 radical (unpaired) electrons. The molecule has 1 aliphatic rings. The van der Waals surface area contributed by atoms with Crippen molar-refractivity contribution >= 4 is 23.5 Å². The molecule has 0 aromatic heterocycles. The Hall–Kier alpha value is -1.59. The van der Waals surface area contributed by atoms with E-state index in [9.17, 15) is 19.8 Å². The third-order valence-corrected chi connectivity index (χ3v) is 5.10. The van der Waals surface area contributed by atoms with E-state index < -0.39 is 17.5 Å². The van der Waals surface area contributed by atoms with Gasteiger partial charge >= 0.3 is 5.97 Å². The number of halogens is 1. The average Bonchev–Trinajstić information content (AvgIpc) is 2.51. The molecule has 2 atom stereocenters. The highest BCUT2D eigenvalue weighted by Crippen LogP contribution is 2.36. The first-order valence-corrected chi connectivity index (χ1v) is 8.17. The SMILES string of the molecule is CCC[C@@]1(C(=O)O)CN(C(=O)c2cccc(Cl)c2C)CC[C@H]1O. The van der Waals surface area contributed by atoms with Crippen LogP contribution in [0.25, 0.3) is 0 Å². The van der Waals surface area contributed by atoms with Crippen LogP contribution in [0.5, 0.6) is 0 Å². The summed E-state index contributed by atoms with van der Waals surface area (Å²) in [4.78, 5) is 26.1. The maximum absolute atomic E-state index is 12.8. The summed E-state index contributed by atoms with van der Waals surface area (Å²) < 4.78 is 0. The summed E-state index contributed by atoms with van der Waals surface area (Å²) in [6.07, 6.45) is 0.283. The molecule has 1 aromatic rings. The second-order valence-electron chi connectivity index (χ2n) is 6.15. The molecule has 126 valence electrons. The quantitative estimate of drug-likeness (QED) is 0.884. The van der Waals surface area contributed by atoms with Gasteiger partial charge in [0.05, 0.1) is 6.10 Å². The number of aliphatic hydroxyl groups excluding tert-OH is 1. The fraction of sp³-hybridized carbons (Fsp3) is 0.529. The van der Waals surface area contributed by atoms with E-state index in [0.717, 1.165) is 0 Å². The van der Waals surface area contributed by atoms with Crippen LogP contribution in [0, 0.1) is 12.3 Å². The van der Waals surface area contributed by atoms with Gasteiger partial charge in [-0.1, -0.05) is 31.0 Å². The number of carbonyl (C=O) groups excluding carboxylic acids is 1. The zero-order valence-corrected chi connectivity index (χ0v) is 14.1. The van der Waals surface area contributed by atoms with Crippen molar-refractivity contribution in [2.75, 3.05) is 13.1 Å². The minimum atomic E-state index is -1.30. The number of carbonyl (C=O) groups is 2. The molecular weight excluding hydrogens is 318 g/mol. The highest BCUT2D eigenvalue weighted by molar-refractivity contribution is 6.31. The molecule has 2 N–H and O–H groups in total. The molecule has 0 spiro atoms. The maximum Gasteiger partial charge on any atom is 0.314 e. The Kier molecular flexibility index (Phi) is 5.32. The number of aliphatic carboxylic acids is 1. The number of carboxylic acids is 1. The monoisotopic (exact) mass is 339 g/mol. The number of benzene rings is 1. The third-order valence-electron chi connectivity index (χ3n) is 4.69. The Morgan fingerprint density at radius 3 is 2.74 bits per heavy atom. The highest BCUT2D eigenvalue weighted by atomic mass is 35.5. The first kappa shape index (κ1) is 17.8. The molecule has 1 aromatic carbocycles. The Morgan fingerprint density at radius 2 is 2.13 bits per heavy atom. The summed E-state index contributed by atoms with van der Waals surface area (Å²) in [6, 6.07) is 5.11. The maximum atomic E-state index is 12.8. The Bertz CT molecular complexity index is 619. The molecule has 2 rings (SSSR count). The zero-order chi connectivity index (χ0) is 17.2. The number of piperidine rings is 1. The molecule has 0 bridgehead atoms. The van der Waals surface area contributed by atoms with Crippen LogP contribution < -0.4 is 0 Å². The van der Waals surface area contributed by atoms with Crippen LogP contribution >= 0.6 is 11.6 Å². The van der Waals surface area contributed by atoms with Crippen LogP contribution in [-0.2, 0) is 4.79 Å². The molecule has 5 nitrogen and oxygen atoms in total. The van der Waals surface area contributed by atoms with E-state index in [2.05, 4.69) is 0 Å². The van der Waals surface area contributed by atoms with Gasteiger partial charge in [0.15, 0.2) is 0 Å². The van der Waals surface area contributed by atoms with E-state index >= 15 is 0 Å². The van der Waals surface area contributed by atoms with Gasteiger partial charge < -0.3 is 15.1 Å². The molecule has 0 saturated carbocycles. The number of carboxylic acid groups (broad SMARTS) is 1. The summed E-state index contributed by atoms with van der Waals surface area (Å²) in [7, 11) is 0. The Morgan fingerprint density at radius 1 is 1.43 bits per heavy atom. The summed E-state index contributed by atoms with van der Waals surface area (Å²) in [6.45, 7) is 4.00. The second-order valence-corrected chi connectivity index (χ2v) is 6.56. The van der Waals surface area contributed by atoms with Gasteiger partial charge in [-0.25, -0.2) is 0 Å². The lowest BCUT2D eigenvalue weighted by Gasteiger charge is -2.43. The molecule has 1 amide bonds. The number of likely N-dealkylation sites (tertiary alicyclic amines) is 1. The molecule has 1 fully saturated rings. The number of aliphatic hydroxyl groups is 1. The van der Waals surface area contributed by atoms with Crippen LogP contribution in [0.3, 0.4) is 0 Å². The standard InChI is InChI=1S/C17H22ClNO4/c1-3-8-17(16(22)23)10-19(9-7-14(17)20)15(21)12-5-4-6-13(18)11(12)2/h4-6,14,20H,3,7-10H2,1-2H3,(H,22,23)/t14-,17-/m1/s1. The van der Waals surface area contributed by atoms with Gasteiger partial charge in [0, 0.05) is 23.7 Å². The lowest BCUT2D eigenvalue weighted by molar-refractivity contribution is -0.162. The fourth-order valence-electron chi connectivity index (χ4n) is 3.27. The Labute approximate surface area is 140 Å². The van der Waals surface area contributed by atoms with Crippen molar-refractivity contribution in [2.45, 2.75) is 39.2 Å². The molecular formula is C17H22ClNO4. The van der Waals surface area contributed by atoms with E-state index in [4.69, 9.17) is 11.6 Å². The summed E-state index contributed by atoms with van der Waals surface area (Å²) in [5.74, 6) is -1.29. The first-order chi connectivity index (χ1) is 10.8. The average molecular weight is 340 g/mol. The minimum Gasteiger partial charge on any atom is -0.481 e. The van der Waals surface area contributed by atoms with Crippen molar-refractivity contribution in [3.8, 4) is 0 Å². The number of amides is 1. The summed E-state index contributed by atoms with van der Waals surface area (Å²) in [5.41, 5.74) is -0.138. The molecule has 1 heterocycles. The van der Waals surface area contributed by atoms with E-state index in [-0.39, 0.29) is 18.9 Å². The van der Waals surface area contributed by atoms with E-state index in [1.165, 1.54) is 4.90 Å². The molecule has 1 saturated heterocycles. The highest BCUT2D eigenvalue weighted by Gasteiger charge is 2.49. The molecule has 6 heteroatoms. The van der Waals surface area contributed by atoms with Crippen molar-refractivity contribution in [3.63, 3.8) is 0 Å². The molecule has 0 aliphatic carbocycles. The topological polar surface area (TPSA) is 77.8 Å². The lowest BCUT2D eigenvalue weighted by Crippen LogP contribution is -2.57. The van der Waals surface area contributed by atoms with Crippen LogP contribution in [0.15, 0.2) is 18.2 Å². The van der Waals surface area contributed by atoms with Gasteiger partial charge in [-0.3, -0.25) is 9.59 Å². The van der Waals surface area contributed by atoms with Crippen molar-refractivity contribution in [1.29, 1.82) is 0 Å². The number of rotatable bonds is 4. The van der Waals surface area contributed by atoms with Crippen molar-refractivity contribution < 1.29 is 19.8 Å². The van der Waals surface area contributed by atoms with E-state index in [0.29, 0.717) is 35.5 Å². The van der Waals surface area contributed by atoms with E-state index in [1.54, 1.807) is 25.1 Å². The Balaban J connectivity index is 2.32. The smallest absolute Gasteiger partial charge is 0.314 e. The normalized spacial score (nSPS) is 24.5. The number of hydrogen-bond donors (Lipinski definition) is 2. The van der Waals surface area contributed by atoms with Gasteiger partial charge in [-0.15, -0.1) is 0 Å². The van der Waals surface area contributed by atoms with Gasteiger partial charge in [-0.05, 0) is 37.5 Å². The summed E-state index contributed by atoms with van der Waals surface area (Å²) in [5, 5.41) is 20.4.